The summed E-state index contributed by atoms with van der Waals surface area (Å²) >= 11 is 0. The molecular weight excluding hydrogens is 196 g/mol. The molecule has 0 bridgehead atoms. The predicted octanol–water partition coefficient (Wildman–Crippen LogP) is 2.94. The van der Waals surface area contributed by atoms with Crippen LogP contribution in [0.2, 0.25) is 0 Å². The molecule has 0 N–H and O–H groups in total. The van der Waals surface area contributed by atoms with Crippen LogP contribution in [0.4, 0.5) is 0 Å². The Morgan fingerprint density at radius 1 is 1.06 bits per heavy atom. The quantitative estimate of drug-likeness (QED) is 0.723. The summed E-state index contributed by atoms with van der Waals surface area (Å²) in [6.07, 6.45) is 11.4. The van der Waals surface area contributed by atoms with Gasteiger partial charge in [-0.1, -0.05) is 6.07 Å². The minimum absolute atomic E-state index is 0.492. The second kappa shape index (κ2) is 4.05. The number of rotatable bonds is 1. The van der Waals surface area contributed by atoms with E-state index in [1.807, 2.05) is 30.9 Å². The van der Waals surface area contributed by atoms with E-state index in [4.69, 9.17) is 0 Å². The van der Waals surface area contributed by atoms with Crippen LogP contribution in [-0.2, 0) is 6.42 Å². The summed E-state index contributed by atoms with van der Waals surface area (Å²) in [6, 6.07) is 6.33. The third kappa shape index (κ3) is 1.60. The highest BCUT2D eigenvalue weighted by molar-refractivity contribution is 5.36. The maximum absolute atomic E-state index is 4.25. The topological polar surface area (TPSA) is 25.8 Å². The first-order valence-corrected chi connectivity index (χ1v) is 5.78. The summed E-state index contributed by atoms with van der Waals surface area (Å²) in [5.74, 6) is 0.492. The van der Waals surface area contributed by atoms with Gasteiger partial charge in [0, 0.05) is 30.7 Å². The van der Waals surface area contributed by atoms with Gasteiger partial charge in [0.15, 0.2) is 0 Å². The summed E-state index contributed by atoms with van der Waals surface area (Å²) in [5.41, 5.74) is 4.16. The number of nitrogens with zero attached hydrogens (tertiary/aromatic N) is 2. The van der Waals surface area contributed by atoms with Crippen molar-refractivity contribution in [3.05, 3.63) is 59.7 Å². The summed E-state index contributed by atoms with van der Waals surface area (Å²) in [4.78, 5) is 8.47. The summed E-state index contributed by atoms with van der Waals surface area (Å²) < 4.78 is 0. The van der Waals surface area contributed by atoms with Crippen molar-refractivity contribution < 1.29 is 0 Å². The van der Waals surface area contributed by atoms with E-state index in [1.165, 1.54) is 36.0 Å². The first-order chi connectivity index (χ1) is 7.95. The van der Waals surface area contributed by atoms with Crippen molar-refractivity contribution in [2.24, 2.45) is 0 Å². The normalized spacial score (nSPS) is 19.1. The minimum Gasteiger partial charge on any atom is -0.264 e. The van der Waals surface area contributed by atoms with Gasteiger partial charge >= 0.3 is 0 Å². The first kappa shape index (κ1) is 9.52. The molecule has 2 nitrogen and oxygen atoms in total. The third-order valence-corrected chi connectivity index (χ3v) is 3.35. The lowest BCUT2D eigenvalue weighted by Crippen LogP contribution is -2.11. The number of aromatic nitrogens is 2. The number of hydrogen-bond acceptors (Lipinski definition) is 2. The van der Waals surface area contributed by atoms with Gasteiger partial charge in [-0.3, -0.25) is 9.97 Å². The Balaban J connectivity index is 2.05. The van der Waals surface area contributed by atoms with Crippen LogP contribution < -0.4 is 0 Å². The molecule has 0 fully saturated rings. The van der Waals surface area contributed by atoms with Crippen LogP contribution >= 0.6 is 0 Å². The van der Waals surface area contributed by atoms with Crippen molar-refractivity contribution in [2.75, 3.05) is 0 Å². The van der Waals surface area contributed by atoms with Crippen LogP contribution in [0.1, 0.15) is 35.4 Å². The lowest BCUT2D eigenvalue weighted by Gasteiger charge is -2.24. The van der Waals surface area contributed by atoms with Crippen molar-refractivity contribution in [1.82, 2.24) is 9.97 Å². The molecule has 0 amide bonds. The van der Waals surface area contributed by atoms with E-state index < -0.39 is 0 Å². The molecule has 0 spiro atoms. The zero-order valence-corrected chi connectivity index (χ0v) is 9.13. The lowest BCUT2D eigenvalue weighted by atomic mass is 9.80. The van der Waals surface area contributed by atoms with E-state index in [0.29, 0.717) is 5.92 Å². The molecule has 2 aromatic rings. The molecule has 80 valence electrons. The summed E-state index contributed by atoms with van der Waals surface area (Å²) in [6.45, 7) is 0. The maximum atomic E-state index is 4.25. The molecule has 0 aromatic carbocycles. The van der Waals surface area contributed by atoms with Crippen molar-refractivity contribution in [3.8, 4) is 0 Å². The van der Waals surface area contributed by atoms with Crippen molar-refractivity contribution in [3.63, 3.8) is 0 Å². The zero-order valence-electron chi connectivity index (χ0n) is 9.13. The molecule has 2 aromatic heterocycles. The van der Waals surface area contributed by atoms with Crippen LogP contribution in [0, 0.1) is 0 Å². The Labute approximate surface area is 95.4 Å². The number of fused-ring (bicyclic) bond motifs is 1. The lowest BCUT2D eigenvalue weighted by molar-refractivity contribution is 0.611. The molecule has 1 aliphatic rings. The fourth-order valence-electron chi connectivity index (χ4n) is 2.56. The van der Waals surface area contributed by atoms with Crippen LogP contribution in [0.3, 0.4) is 0 Å². The molecule has 0 saturated carbocycles. The second-order valence-electron chi connectivity index (χ2n) is 4.31. The monoisotopic (exact) mass is 210 g/mol. The van der Waals surface area contributed by atoms with Crippen molar-refractivity contribution in [1.29, 1.82) is 0 Å². The van der Waals surface area contributed by atoms with Crippen molar-refractivity contribution in [2.45, 2.75) is 25.2 Å². The van der Waals surface area contributed by atoms with Gasteiger partial charge in [0.1, 0.15) is 0 Å². The van der Waals surface area contributed by atoms with Gasteiger partial charge in [0.05, 0.1) is 0 Å². The number of hydrogen-bond donors (Lipinski definition) is 0. The molecule has 2 heteroatoms. The van der Waals surface area contributed by atoms with E-state index in [0.717, 1.165) is 0 Å². The fourth-order valence-corrected chi connectivity index (χ4v) is 2.56. The van der Waals surface area contributed by atoms with E-state index in [2.05, 4.69) is 22.1 Å². The predicted molar refractivity (Wildman–Crippen MR) is 63.3 cm³/mol. The average molecular weight is 210 g/mol. The molecule has 0 saturated heterocycles. The molecule has 1 atom stereocenters. The molecular formula is C14H14N2. The van der Waals surface area contributed by atoms with Crippen molar-refractivity contribution >= 4 is 0 Å². The van der Waals surface area contributed by atoms with Gasteiger partial charge in [0.2, 0.25) is 0 Å². The molecule has 3 rings (SSSR count). The third-order valence-electron chi connectivity index (χ3n) is 3.35. The standard InChI is InChI=1S/C14H14N2/c1-3-11-6-8-16-10-14(11)13(5-1)12-4-2-7-15-9-12/h2,4,6-10,13H,1,3,5H2. The van der Waals surface area contributed by atoms with Crippen LogP contribution in [0.25, 0.3) is 0 Å². The van der Waals surface area contributed by atoms with E-state index >= 15 is 0 Å². The Kier molecular flexibility index (Phi) is 2.41. The Hall–Kier alpha value is -1.70. The van der Waals surface area contributed by atoms with Gasteiger partial charge in [-0.05, 0) is 48.1 Å². The molecule has 0 radical (unpaired) electrons. The molecule has 16 heavy (non-hydrogen) atoms. The van der Waals surface area contributed by atoms with Gasteiger partial charge in [-0.25, -0.2) is 0 Å². The Morgan fingerprint density at radius 2 is 2.00 bits per heavy atom. The minimum atomic E-state index is 0.492. The second-order valence-corrected chi connectivity index (χ2v) is 4.31. The average Bonchev–Trinajstić information content (AvgIpc) is 2.39. The van der Waals surface area contributed by atoms with Gasteiger partial charge in [0.25, 0.3) is 0 Å². The molecule has 2 heterocycles. The highest BCUT2D eigenvalue weighted by Crippen LogP contribution is 2.35. The highest BCUT2D eigenvalue weighted by Gasteiger charge is 2.21. The van der Waals surface area contributed by atoms with Crippen LogP contribution in [-0.4, -0.2) is 9.97 Å². The first-order valence-electron chi connectivity index (χ1n) is 5.78. The largest absolute Gasteiger partial charge is 0.264 e. The van der Waals surface area contributed by atoms with Gasteiger partial charge in [-0.15, -0.1) is 0 Å². The fraction of sp³-hybridized carbons (Fsp3) is 0.286. The van der Waals surface area contributed by atoms with E-state index in [9.17, 15) is 0 Å². The smallest absolute Gasteiger partial charge is 0.0308 e. The number of pyridine rings is 2. The zero-order chi connectivity index (χ0) is 10.8. The van der Waals surface area contributed by atoms with Crippen LogP contribution in [0.15, 0.2) is 43.0 Å². The summed E-state index contributed by atoms with van der Waals surface area (Å²) in [7, 11) is 0. The van der Waals surface area contributed by atoms with Gasteiger partial charge < -0.3 is 0 Å². The Bertz CT molecular complexity index is 479. The SMILES string of the molecule is c1cncc(C2CCCc3ccncc32)c1. The van der Waals surface area contributed by atoms with E-state index in [-0.39, 0.29) is 0 Å². The maximum Gasteiger partial charge on any atom is 0.0308 e. The van der Waals surface area contributed by atoms with Crippen LogP contribution in [0.5, 0.6) is 0 Å². The highest BCUT2D eigenvalue weighted by atomic mass is 14.6. The summed E-state index contributed by atoms with van der Waals surface area (Å²) in [5, 5.41) is 0. The molecule has 1 aliphatic carbocycles. The number of aryl methyl sites for hydroxylation is 1. The molecule has 0 aliphatic heterocycles. The Morgan fingerprint density at radius 3 is 2.88 bits per heavy atom. The van der Waals surface area contributed by atoms with E-state index in [1.54, 1.807) is 0 Å². The molecule has 1 unspecified atom stereocenters. The van der Waals surface area contributed by atoms with Gasteiger partial charge in [-0.2, -0.15) is 0 Å².